The molecule has 1 rings (SSSR count). The lowest BCUT2D eigenvalue weighted by Gasteiger charge is -2.17. The van der Waals surface area contributed by atoms with E-state index in [-0.39, 0.29) is 12.6 Å². The zero-order chi connectivity index (χ0) is 12.8. The Morgan fingerprint density at radius 1 is 1.18 bits per heavy atom. The summed E-state index contributed by atoms with van der Waals surface area (Å²) >= 11 is 0. The maximum atomic E-state index is 13.0. The highest BCUT2D eigenvalue weighted by Gasteiger charge is 2.09. The summed E-state index contributed by atoms with van der Waals surface area (Å²) < 4.78 is 26.0. The number of hydrogen-bond acceptors (Lipinski definition) is 2. The van der Waals surface area contributed by atoms with Crippen molar-refractivity contribution in [3.63, 3.8) is 0 Å². The lowest BCUT2D eigenvalue weighted by molar-refractivity contribution is 0.258. The highest BCUT2D eigenvalue weighted by molar-refractivity contribution is 5.20. The summed E-state index contributed by atoms with van der Waals surface area (Å²) in [5.41, 5.74) is 0.596. The topological polar surface area (TPSA) is 32.3 Å². The Morgan fingerprint density at radius 2 is 1.76 bits per heavy atom. The van der Waals surface area contributed by atoms with Crippen LogP contribution in [0.5, 0.6) is 0 Å². The van der Waals surface area contributed by atoms with Crippen molar-refractivity contribution in [2.75, 3.05) is 13.2 Å². The van der Waals surface area contributed by atoms with Crippen LogP contribution >= 0.6 is 0 Å². The first-order valence-electron chi connectivity index (χ1n) is 5.83. The van der Waals surface area contributed by atoms with Crippen LogP contribution < -0.4 is 5.32 Å². The van der Waals surface area contributed by atoms with Crippen molar-refractivity contribution < 1.29 is 13.9 Å². The molecule has 0 aliphatic heterocycles. The third kappa shape index (κ3) is 4.79. The van der Waals surface area contributed by atoms with Gasteiger partial charge in [-0.15, -0.1) is 0 Å². The van der Waals surface area contributed by atoms with E-state index >= 15 is 0 Å². The third-order valence-corrected chi connectivity index (χ3v) is 2.78. The Bertz CT molecular complexity index is 337. The van der Waals surface area contributed by atoms with E-state index in [1.807, 2.05) is 13.8 Å². The molecule has 1 aromatic rings. The molecule has 0 bridgehead atoms. The van der Waals surface area contributed by atoms with E-state index in [4.69, 9.17) is 5.11 Å². The molecule has 0 spiro atoms. The van der Waals surface area contributed by atoms with Crippen molar-refractivity contribution >= 4 is 0 Å². The number of benzene rings is 1. The van der Waals surface area contributed by atoms with Crippen LogP contribution in [0.3, 0.4) is 0 Å². The number of halogens is 2. The SMILES string of the molecule is CC(CCO)CNC(C)c1cc(F)cc(F)c1. The van der Waals surface area contributed by atoms with Crippen molar-refractivity contribution in [3.05, 3.63) is 35.4 Å². The minimum atomic E-state index is -0.558. The van der Waals surface area contributed by atoms with Gasteiger partial charge in [0.25, 0.3) is 0 Å². The molecule has 2 atom stereocenters. The predicted octanol–water partition coefficient (Wildman–Crippen LogP) is 2.63. The van der Waals surface area contributed by atoms with Crippen LogP contribution in [0, 0.1) is 17.6 Å². The fraction of sp³-hybridized carbons (Fsp3) is 0.538. The van der Waals surface area contributed by atoms with E-state index in [2.05, 4.69) is 5.32 Å². The van der Waals surface area contributed by atoms with Crippen molar-refractivity contribution in [1.29, 1.82) is 0 Å². The van der Waals surface area contributed by atoms with E-state index in [0.717, 1.165) is 12.5 Å². The van der Waals surface area contributed by atoms with Gasteiger partial charge in [0.15, 0.2) is 0 Å². The van der Waals surface area contributed by atoms with Gasteiger partial charge in [-0.05, 0) is 43.5 Å². The van der Waals surface area contributed by atoms with Crippen LogP contribution in [0.2, 0.25) is 0 Å². The molecule has 2 unspecified atom stereocenters. The molecular weight excluding hydrogens is 224 g/mol. The van der Waals surface area contributed by atoms with Crippen LogP contribution in [-0.4, -0.2) is 18.3 Å². The van der Waals surface area contributed by atoms with Crippen molar-refractivity contribution in [2.45, 2.75) is 26.3 Å². The van der Waals surface area contributed by atoms with E-state index in [9.17, 15) is 8.78 Å². The lowest BCUT2D eigenvalue weighted by Crippen LogP contribution is -2.25. The van der Waals surface area contributed by atoms with Gasteiger partial charge < -0.3 is 10.4 Å². The van der Waals surface area contributed by atoms with Gasteiger partial charge >= 0.3 is 0 Å². The number of nitrogens with one attached hydrogen (secondary N) is 1. The second kappa shape index (κ2) is 6.67. The van der Waals surface area contributed by atoms with Crippen molar-refractivity contribution in [2.24, 2.45) is 5.92 Å². The second-order valence-corrected chi connectivity index (χ2v) is 4.45. The van der Waals surface area contributed by atoms with Gasteiger partial charge in [0.2, 0.25) is 0 Å². The van der Waals surface area contributed by atoms with Gasteiger partial charge in [-0.1, -0.05) is 6.92 Å². The highest BCUT2D eigenvalue weighted by atomic mass is 19.1. The van der Waals surface area contributed by atoms with Gasteiger partial charge in [0.05, 0.1) is 0 Å². The zero-order valence-corrected chi connectivity index (χ0v) is 10.2. The van der Waals surface area contributed by atoms with Gasteiger partial charge in [0, 0.05) is 18.7 Å². The molecule has 17 heavy (non-hydrogen) atoms. The van der Waals surface area contributed by atoms with E-state index in [1.54, 1.807) is 0 Å². The Labute approximate surface area is 101 Å². The number of rotatable bonds is 6. The lowest BCUT2D eigenvalue weighted by atomic mass is 10.1. The molecule has 2 N–H and O–H groups in total. The standard InChI is InChI=1S/C13H19F2NO/c1-9(3-4-17)8-16-10(2)11-5-12(14)7-13(15)6-11/h5-7,9-10,16-17H,3-4,8H2,1-2H3. The predicted molar refractivity (Wildman–Crippen MR) is 63.6 cm³/mol. The molecule has 96 valence electrons. The molecule has 4 heteroatoms. The molecule has 0 aliphatic carbocycles. The van der Waals surface area contributed by atoms with Crippen LogP contribution in [0.25, 0.3) is 0 Å². The first-order valence-corrected chi connectivity index (χ1v) is 5.83. The quantitative estimate of drug-likeness (QED) is 0.805. The second-order valence-electron chi connectivity index (χ2n) is 4.45. The van der Waals surface area contributed by atoms with Gasteiger partial charge in [0.1, 0.15) is 11.6 Å². The Kier molecular flexibility index (Phi) is 5.51. The maximum absolute atomic E-state index is 13.0. The van der Waals surface area contributed by atoms with Crippen LogP contribution in [-0.2, 0) is 0 Å². The Balaban J connectivity index is 2.54. The average Bonchev–Trinajstić information content (AvgIpc) is 2.25. The number of aliphatic hydroxyl groups is 1. The number of hydrogen-bond donors (Lipinski definition) is 2. The van der Waals surface area contributed by atoms with Crippen LogP contribution in [0.1, 0.15) is 31.9 Å². The molecule has 0 fully saturated rings. The minimum absolute atomic E-state index is 0.110. The summed E-state index contributed by atoms with van der Waals surface area (Å²) in [5.74, 6) is -0.782. The van der Waals surface area contributed by atoms with E-state index < -0.39 is 11.6 Å². The molecular formula is C13H19F2NO. The summed E-state index contributed by atoms with van der Waals surface area (Å²) in [7, 11) is 0. The Hall–Kier alpha value is -1.00. The summed E-state index contributed by atoms with van der Waals surface area (Å²) in [6, 6.07) is 3.42. The molecule has 0 saturated carbocycles. The van der Waals surface area contributed by atoms with E-state index in [0.29, 0.717) is 18.0 Å². The maximum Gasteiger partial charge on any atom is 0.126 e. The summed E-state index contributed by atoms with van der Waals surface area (Å²) in [6.45, 7) is 4.74. The third-order valence-electron chi connectivity index (χ3n) is 2.78. The Morgan fingerprint density at radius 3 is 2.29 bits per heavy atom. The van der Waals surface area contributed by atoms with Crippen LogP contribution in [0.4, 0.5) is 8.78 Å². The van der Waals surface area contributed by atoms with Crippen LogP contribution in [0.15, 0.2) is 18.2 Å². The molecule has 0 amide bonds. The largest absolute Gasteiger partial charge is 0.396 e. The van der Waals surface area contributed by atoms with Gasteiger partial charge in [-0.3, -0.25) is 0 Å². The summed E-state index contributed by atoms with van der Waals surface area (Å²) in [5, 5.41) is 12.0. The number of aliphatic hydroxyl groups excluding tert-OH is 1. The highest BCUT2D eigenvalue weighted by Crippen LogP contribution is 2.16. The average molecular weight is 243 g/mol. The summed E-state index contributed by atoms with van der Waals surface area (Å²) in [6.07, 6.45) is 0.719. The van der Waals surface area contributed by atoms with Crippen molar-refractivity contribution in [1.82, 2.24) is 5.32 Å². The van der Waals surface area contributed by atoms with Crippen molar-refractivity contribution in [3.8, 4) is 0 Å². The molecule has 2 nitrogen and oxygen atoms in total. The van der Waals surface area contributed by atoms with E-state index in [1.165, 1.54) is 12.1 Å². The minimum Gasteiger partial charge on any atom is -0.396 e. The first-order chi connectivity index (χ1) is 8.02. The van der Waals surface area contributed by atoms with Gasteiger partial charge in [-0.25, -0.2) is 8.78 Å². The fourth-order valence-electron chi connectivity index (χ4n) is 1.64. The molecule has 0 aromatic heterocycles. The smallest absolute Gasteiger partial charge is 0.126 e. The molecule has 0 aliphatic rings. The summed E-state index contributed by atoms with van der Waals surface area (Å²) in [4.78, 5) is 0. The monoisotopic (exact) mass is 243 g/mol. The molecule has 0 heterocycles. The zero-order valence-electron chi connectivity index (χ0n) is 10.2. The first kappa shape index (κ1) is 14.1. The fourth-order valence-corrected chi connectivity index (χ4v) is 1.64. The molecule has 1 aromatic carbocycles. The molecule has 0 radical (unpaired) electrons. The van der Waals surface area contributed by atoms with Gasteiger partial charge in [-0.2, -0.15) is 0 Å². The molecule has 0 saturated heterocycles. The normalized spacial score (nSPS) is 14.6.